The molecule has 2 amide bonds. The molecule has 236 valence electrons. The Bertz CT molecular complexity index is 1730. The predicted octanol–water partition coefficient (Wildman–Crippen LogP) is 7.08. The van der Waals surface area contributed by atoms with E-state index in [1.807, 2.05) is 68.4 Å². The average Bonchev–Trinajstić information content (AvgIpc) is 3.01. The van der Waals surface area contributed by atoms with Gasteiger partial charge in [0.1, 0.15) is 12.6 Å². The number of aryl methyl sites for hydroxylation is 2. The van der Waals surface area contributed by atoms with Gasteiger partial charge in [0.05, 0.1) is 10.6 Å². The molecule has 4 aromatic rings. The van der Waals surface area contributed by atoms with Gasteiger partial charge < -0.3 is 10.2 Å². The van der Waals surface area contributed by atoms with Crippen LogP contribution in [0, 0.1) is 13.8 Å². The van der Waals surface area contributed by atoms with Gasteiger partial charge in [-0.1, -0.05) is 94.6 Å². The van der Waals surface area contributed by atoms with Crippen LogP contribution in [0.5, 0.6) is 0 Å². The normalized spacial score (nSPS) is 11.9. The molecule has 0 saturated heterocycles. The molecule has 0 aliphatic heterocycles. The number of anilines is 1. The lowest BCUT2D eigenvalue weighted by Crippen LogP contribution is -2.53. The maximum absolute atomic E-state index is 14.5. The van der Waals surface area contributed by atoms with E-state index in [-0.39, 0.29) is 23.8 Å². The monoisotopic (exact) mass is 709 g/mol. The summed E-state index contributed by atoms with van der Waals surface area (Å²) in [6.45, 7) is 5.59. The van der Waals surface area contributed by atoms with Crippen molar-refractivity contribution in [3.8, 4) is 0 Å². The number of amides is 2. The fourth-order valence-electron chi connectivity index (χ4n) is 5.00. The number of hydrogen-bond acceptors (Lipinski definition) is 4. The Kier molecular flexibility index (Phi) is 11.8. The Morgan fingerprint density at radius 1 is 0.889 bits per heavy atom. The number of nitrogens with zero attached hydrogens (tertiary/aromatic N) is 2. The number of sulfonamides is 1. The first kappa shape index (κ1) is 34.2. The van der Waals surface area contributed by atoms with Crippen LogP contribution in [0.4, 0.5) is 5.69 Å². The Morgan fingerprint density at radius 2 is 1.58 bits per heavy atom. The fourth-order valence-corrected chi connectivity index (χ4v) is 7.15. The molecule has 4 aromatic carbocycles. The van der Waals surface area contributed by atoms with Crippen molar-refractivity contribution >= 4 is 55.1 Å². The van der Waals surface area contributed by atoms with Crippen molar-refractivity contribution in [2.45, 2.75) is 51.1 Å². The van der Waals surface area contributed by atoms with Crippen LogP contribution in [-0.4, -0.2) is 44.3 Å². The molecule has 4 rings (SSSR count). The van der Waals surface area contributed by atoms with Crippen molar-refractivity contribution in [2.24, 2.45) is 0 Å². The van der Waals surface area contributed by atoms with Gasteiger partial charge in [0.25, 0.3) is 10.0 Å². The molecule has 10 heteroatoms. The molecule has 0 heterocycles. The molecule has 0 aromatic heterocycles. The molecule has 0 spiro atoms. The third kappa shape index (κ3) is 8.96. The van der Waals surface area contributed by atoms with Crippen LogP contribution >= 0.6 is 27.5 Å². The summed E-state index contributed by atoms with van der Waals surface area (Å²) < 4.78 is 30.4. The Balaban J connectivity index is 1.82. The molecule has 0 saturated carbocycles. The van der Waals surface area contributed by atoms with Gasteiger partial charge >= 0.3 is 0 Å². The van der Waals surface area contributed by atoms with Crippen LogP contribution < -0.4 is 9.62 Å². The highest BCUT2D eigenvalue weighted by atomic mass is 79.9. The van der Waals surface area contributed by atoms with Crippen LogP contribution in [-0.2, 0) is 32.6 Å². The van der Waals surface area contributed by atoms with Crippen LogP contribution in [0.15, 0.2) is 106 Å². The van der Waals surface area contributed by atoms with Gasteiger partial charge in [-0.05, 0) is 79.4 Å². The Labute approximate surface area is 279 Å². The maximum atomic E-state index is 14.5. The van der Waals surface area contributed by atoms with Gasteiger partial charge in [-0.25, -0.2) is 8.42 Å². The van der Waals surface area contributed by atoms with E-state index in [1.165, 1.54) is 17.0 Å². The summed E-state index contributed by atoms with van der Waals surface area (Å²) >= 11 is 9.74. The lowest BCUT2D eigenvalue weighted by atomic mass is 10.0. The topological polar surface area (TPSA) is 86.8 Å². The molecule has 7 nitrogen and oxygen atoms in total. The van der Waals surface area contributed by atoms with Gasteiger partial charge in [-0.15, -0.1) is 0 Å². The zero-order valence-corrected chi connectivity index (χ0v) is 28.7. The van der Waals surface area contributed by atoms with Crippen molar-refractivity contribution < 1.29 is 18.0 Å². The Hall–Kier alpha value is -3.66. The van der Waals surface area contributed by atoms with E-state index in [4.69, 9.17) is 11.6 Å². The summed E-state index contributed by atoms with van der Waals surface area (Å²) in [7, 11) is -4.20. The summed E-state index contributed by atoms with van der Waals surface area (Å²) in [4.78, 5) is 29.8. The number of hydrogen-bond donors (Lipinski definition) is 1. The minimum absolute atomic E-state index is 0.0512. The van der Waals surface area contributed by atoms with Gasteiger partial charge in [-0.2, -0.15) is 0 Å². The number of halogens is 2. The largest absolute Gasteiger partial charge is 0.354 e. The maximum Gasteiger partial charge on any atom is 0.264 e. The number of benzene rings is 4. The molecule has 45 heavy (non-hydrogen) atoms. The van der Waals surface area contributed by atoms with Gasteiger partial charge in [0.2, 0.25) is 11.8 Å². The molecule has 0 fully saturated rings. The first-order chi connectivity index (χ1) is 21.5. The predicted molar refractivity (Wildman–Crippen MR) is 184 cm³/mol. The van der Waals surface area contributed by atoms with Gasteiger partial charge in [0.15, 0.2) is 0 Å². The molecule has 0 aliphatic rings. The van der Waals surface area contributed by atoms with E-state index < -0.39 is 28.5 Å². The van der Waals surface area contributed by atoms with Crippen LogP contribution in [0.3, 0.4) is 0 Å². The fraction of sp³-hybridized carbons (Fsp3) is 0.257. The highest BCUT2D eigenvalue weighted by Gasteiger charge is 2.35. The van der Waals surface area contributed by atoms with Crippen molar-refractivity contribution in [3.63, 3.8) is 0 Å². The summed E-state index contributed by atoms with van der Waals surface area (Å²) in [5.41, 5.74) is 3.48. The lowest BCUT2D eigenvalue weighted by molar-refractivity contribution is -0.140. The minimum Gasteiger partial charge on any atom is -0.354 e. The molecule has 0 aliphatic carbocycles. The molecule has 1 unspecified atom stereocenters. The average molecular weight is 711 g/mol. The van der Waals surface area contributed by atoms with Crippen LogP contribution in [0.25, 0.3) is 0 Å². The molecular weight excluding hydrogens is 674 g/mol. The van der Waals surface area contributed by atoms with Crippen molar-refractivity contribution in [2.75, 3.05) is 17.4 Å². The second-order valence-electron chi connectivity index (χ2n) is 10.9. The number of carbonyl (C=O) groups is 2. The number of rotatable bonds is 13. The van der Waals surface area contributed by atoms with E-state index in [0.29, 0.717) is 22.8 Å². The van der Waals surface area contributed by atoms with Crippen molar-refractivity contribution in [3.05, 3.63) is 129 Å². The van der Waals surface area contributed by atoms with Gasteiger partial charge in [-0.3, -0.25) is 13.9 Å². The van der Waals surface area contributed by atoms with E-state index in [2.05, 4.69) is 21.2 Å². The summed E-state index contributed by atoms with van der Waals surface area (Å²) in [5.74, 6) is -0.827. The zero-order valence-electron chi connectivity index (χ0n) is 25.5. The van der Waals surface area contributed by atoms with E-state index >= 15 is 0 Å². The summed E-state index contributed by atoms with van der Waals surface area (Å²) in [6.07, 6.45) is 0.975. The second-order valence-corrected chi connectivity index (χ2v) is 14.1. The standard InChI is InChI=1S/C35H37BrClN3O4S/c1-4-19-38-35(42)33(22-27-9-6-5-7-10-27)39(23-28-11-8-12-29(36)21-28)34(41)24-40(32-18-15-30(37)20-26(32)3)45(43,44)31-16-13-25(2)14-17-31/h5-18,20-21,33H,4,19,22-24H2,1-3H3,(H,38,42). The second kappa shape index (κ2) is 15.6. The van der Waals surface area contributed by atoms with E-state index in [0.717, 1.165) is 31.9 Å². The van der Waals surface area contributed by atoms with Crippen LogP contribution in [0.1, 0.15) is 35.6 Å². The van der Waals surface area contributed by atoms with E-state index in [1.54, 1.807) is 37.3 Å². The van der Waals surface area contributed by atoms with Crippen molar-refractivity contribution in [1.29, 1.82) is 0 Å². The Morgan fingerprint density at radius 3 is 2.22 bits per heavy atom. The third-order valence-corrected chi connectivity index (χ3v) is 9.88. The third-order valence-electron chi connectivity index (χ3n) is 7.38. The quantitative estimate of drug-likeness (QED) is 0.161. The highest BCUT2D eigenvalue weighted by Crippen LogP contribution is 2.30. The smallest absolute Gasteiger partial charge is 0.264 e. The lowest BCUT2D eigenvalue weighted by Gasteiger charge is -2.34. The molecule has 0 bridgehead atoms. The molecule has 1 atom stereocenters. The minimum atomic E-state index is -4.20. The molecule has 1 N–H and O–H groups in total. The molecule has 0 radical (unpaired) electrons. The zero-order chi connectivity index (χ0) is 32.6. The van der Waals surface area contributed by atoms with Gasteiger partial charge in [0, 0.05) is 29.0 Å². The van der Waals surface area contributed by atoms with E-state index in [9.17, 15) is 18.0 Å². The molecular formula is C35H37BrClN3O4S. The SMILES string of the molecule is CCCNC(=O)C(Cc1ccccc1)N(Cc1cccc(Br)c1)C(=O)CN(c1ccc(Cl)cc1C)S(=O)(=O)c1ccc(C)cc1. The van der Waals surface area contributed by atoms with Crippen molar-refractivity contribution in [1.82, 2.24) is 10.2 Å². The number of nitrogens with one attached hydrogen (secondary N) is 1. The highest BCUT2D eigenvalue weighted by molar-refractivity contribution is 9.10. The van der Waals surface area contributed by atoms with Crippen LogP contribution in [0.2, 0.25) is 5.02 Å². The summed E-state index contributed by atoms with van der Waals surface area (Å²) in [5, 5.41) is 3.40. The first-order valence-corrected chi connectivity index (χ1v) is 17.3. The first-order valence-electron chi connectivity index (χ1n) is 14.7. The summed E-state index contributed by atoms with van der Waals surface area (Å²) in [6, 6.07) is 27.4. The number of carbonyl (C=O) groups excluding carboxylic acids is 2.